The first-order chi connectivity index (χ1) is 8.20. The van der Waals surface area contributed by atoms with Crippen molar-refractivity contribution in [3.63, 3.8) is 0 Å². The number of aliphatic hydroxyl groups is 1. The fraction of sp³-hybridized carbons (Fsp3) is 0.615. The molecule has 2 unspecified atom stereocenters. The molecule has 17 heavy (non-hydrogen) atoms. The van der Waals surface area contributed by atoms with Crippen LogP contribution in [0.3, 0.4) is 0 Å². The Kier molecular flexibility index (Phi) is 6.11. The summed E-state index contributed by atoms with van der Waals surface area (Å²) in [5, 5.41) is 9.14. The van der Waals surface area contributed by atoms with E-state index in [4.69, 9.17) is 10.8 Å². The van der Waals surface area contributed by atoms with Gasteiger partial charge >= 0.3 is 0 Å². The third-order valence-corrected chi connectivity index (χ3v) is 2.82. The molecule has 0 saturated carbocycles. The van der Waals surface area contributed by atoms with Crippen molar-refractivity contribution in [2.75, 3.05) is 19.7 Å². The van der Waals surface area contributed by atoms with Crippen LogP contribution in [0.2, 0.25) is 0 Å². The first-order valence-electron chi connectivity index (χ1n) is 6.21. The van der Waals surface area contributed by atoms with Crippen LogP contribution in [-0.2, 0) is 0 Å². The average molecular weight is 237 g/mol. The molecule has 0 bridgehead atoms. The summed E-state index contributed by atoms with van der Waals surface area (Å²) in [7, 11) is 0. The molecule has 0 aliphatic rings. The Morgan fingerprint density at radius 1 is 1.47 bits per heavy atom. The van der Waals surface area contributed by atoms with E-state index in [1.807, 2.05) is 25.3 Å². The van der Waals surface area contributed by atoms with Crippen LogP contribution in [0.25, 0.3) is 0 Å². The summed E-state index contributed by atoms with van der Waals surface area (Å²) in [5.41, 5.74) is 7.19. The molecular weight excluding hydrogens is 214 g/mol. The molecule has 96 valence electrons. The van der Waals surface area contributed by atoms with E-state index in [1.165, 1.54) is 0 Å². The minimum Gasteiger partial charge on any atom is -0.395 e. The zero-order valence-electron chi connectivity index (χ0n) is 10.7. The largest absolute Gasteiger partial charge is 0.395 e. The second-order valence-electron chi connectivity index (χ2n) is 4.35. The molecule has 0 saturated heterocycles. The van der Waals surface area contributed by atoms with Gasteiger partial charge in [0.1, 0.15) is 0 Å². The van der Waals surface area contributed by atoms with Crippen molar-refractivity contribution in [3.8, 4) is 0 Å². The maximum atomic E-state index is 9.14. The lowest BCUT2D eigenvalue weighted by atomic mass is 10.0. The number of aromatic nitrogens is 1. The fourth-order valence-corrected chi connectivity index (χ4v) is 2.20. The number of rotatable bonds is 7. The molecule has 1 rings (SSSR count). The third-order valence-electron chi connectivity index (χ3n) is 2.82. The van der Waals surface area contributed by atoms with Crippen molar-refractivity contribution in [3.05, 3.63) is 30.1 Å². The predicted octanol–water partition coefficient (Wildman–Crippen LogP) is 1.17. The van der Waals surface area contributed by atoms with Gasteiger partial charge in [0, 0.05) is 25.0 Å². The van der Waals surface area contributed by atoms with E-state index in [9.17, 15) is 0 Å². The van der Waals surface area contributed by atoms with Gasteiger partial charge in [-0.1, -0.05) is 13.0 Å². The predicted molar refractivity (Wildman–Crippen MR) is 69.6 cm³/mol. The average Bonchev–Trinajstić information content (AvgIpc) is 2.31. The number of pyridine rings is 1. The summed E-state index contributed by atoms with van der Waals surface area (Å²) in [6, 6.07) is 4.10. The zero-order valence-corrected chi connectivity index (χ0v) is 10.7. The summed E-state index contributed by atoms with van der Waals surface area (Å²) in [4.78, 5) is 6.37. The molecule has 3 N–H and O–H groups in total. The lowest BCUT2D eigenvalue weighted by molar-refractivity contribution is 0.137. The van der Waals surface area contributed by atoms with Crippen molar-refractivity contribution >= 4 is 0 Å². The van der Waals surface area contributed by atoms with E-state index in [2.05, 4.69) is 16.8 Å². The third kappa shape index (κ3) is 4.07. The highest BCUT2D eigenvalue weighted by Gasteiger charge is 2.23. The highest BCUT2D eigenvalue weighted by molar-refractivity contribution is 5.16. The van der Waals surface area contributed by atoms with E-state index in [0.29, 0.717) is 6.54 Å². The van der Waals surface area contributed by atoms with Crippen LogP contribution in [0.1, 0.15) is 31.9 Å². The summed E-state index contributed by atoms with van der Waals surface area (Å²) in [6.45, 7) is 5.86. The lowest BCUT2D eigenvalue weighted by Crippen LogP contribution is -2.41. The Hall–Kier alpha value is -0.970. The van der Waals surface area contributed by atoms with E-state index in [1.54, 1.807) is 6.20 Å². The Morgan fingerprint density at radius 2 is 2.24 bits per heavy atom. The molecule has 0 aliphatic heterocycles. The summed E-state index contributed by atoms with van der Waals surface area (Å²) in [6.07, 6.45) is 4.66. The van der Waals surface area contributed by atoms with Crippen molar-refractivity contribution in [2.24, 2.45) is 5.73 Å². The van der Waals surface area contributed by atoms with E-state index >= 15 is 0 Å². The van der Waals surface area contributed by atoms with Gasteiger partial charge in [-0.25, -0.2) is 0 Å². The Labute approximate surface area is 103 Å². The highest BCUT2D eigenvalue weighted by Crippen LogP contribution is 2.22. The van der Waals surface area contributed by atoms with Gasteiger partial charge in [-0.05, 0) is 31.5 Å². The van der Waals surface area contributed by atoms with Crippen LogP contribution < -0.4 is 5.73 Å². The van der Waals surface area contributed by atoms with Crippen molar-refractivity contribution in [1.82, 2.24) is 9.88 Å². The molecule has 1 aromatic heterocycles. The van der Waals surface area contributed by atoms with E-state index in [0.717, 1.165) is 18.5 Å². The first-order valence-corrected chi connectivity index (χ1v) is 6.21. The molecule has 4 heteroatoms. The summed E-state index contributed by atoms with van der Waals surface area (Å²) >= 11 is 0. The van der Waals surface area contributed by atoms with Gasteiger partial charge in [0.25, 0.3) is 0 Å². The second kappa shape index (κ2) is 7.37. The van der Waals surface area contributed by atoms with E-state index < -0.39 is 0 Å². The molecule has 0 amide bonds. The van der Waals surface area contributed by atoms with Crippen LogP contribution >= 0.6 is 0 Å². The summed E-state index contributed by atoms with van der Waals surface area (Å²) < 4.78 is 0. The van der Waals surface area contributed by atoms with Crippen LogP contribution in [-0.4, -0.2) is 40.7 Å². The van der Waals surface area contributed by atoms with Crippen molar-refractivity contribution in [1.29, 1.82) is 0 Å². The number of nitrogens with two attached hydrogens (primary N) is 1. The van der Waals surface area contributed by atoms with Crippen LogP contribution in [0, 0.1) is 0 Å². The Bertz CT molecular complexity index is 297. The normalized spacial score (nSPS) is 14.9. The molecule has 1 heterocycles. The van der Waals surface area contributed by atoms with Gasteiger partial charge in [-0.3, -0.25) is 9.88 Å². The van der Waals surface area contributed by atoms with Gasteiger partial charge in [0.15, 0.2) is 0 Å². The van der Waals surface area contributed by atoms with Gasteiger partial charge < -0.3 is 10.8 Å². The zero-order chi connectivity index (χ0) is 12.7. The Balaban J connectivity index is 2.90. The monoisotopic (exact) mass is 237 g/mol. The maximum absolute atomic E-state index is 9.14. The Morgan fingerprint density at radius 3 is 2.71 bits per heavy atom. The maximum Gasteiger partial charge on any atom is 0.0558 e. The first kappa shape index (κ1) is 14.1. The van der Waals surface area contributed by atoms with Crippen molar-refractivity contribution < 1.29 is 5.11 Å². The van der Waals surface area contributed by atoms with Crippen molar-refractivity contribution in [2.45, 2.75) is 32.4 Å². The molecular formula is C13H23N3O. The molecule has 0 aromatic carbocycles. The van der Waals surface area contributed by atoms with E-state index in [-0.39, 0.29) is 18.7 Å². The lowest BCUT2D eigenvalue weighted by Gasteiger charge is -2.33. The standard InChI is InChI=1S/C13H23N3O/c1-3-7-16(8-9-17)13(11(2)14)12-5-4-6-15-10-12/h4-6,10-11,13,17H,3,7-9,14H2,1-2H3. The molecule has 1 aromatic rings. The van der Waals surface area contributed by atoms with Gasteiger partial charge in [-0.15, -0.1) is 0 Å². The molecule has 0 fully saturated rings. The highest BCUT2D eigenvalue weighted by atomic mass is 16.3. The van der Waals surface area contributed by atoms with Gasteiger partial charge in [-0.2, -0.15) is 0 Å². The van der Waals surface area contributed by atoms with Crippen LogP contribution in [0.15, 0.2) is 24.5 Å². The van der Waals surface area contributed by atoms with Gasteiger partial charge in [0.2, 0.25) is 0 Å². The minimum absolute atomic E-state index is 0.0114. The molecule has 0 radical (unpaired) electrons. The SMILES string of the molecule is CCCN(CCO)C(c1cccnc1)C(C)N. The van der Waals surface area contributed by atoms with Gasteiger partial charge in [0.05, 0.1) is 12.6 Å². The van der Waals surface area contributed by atoms with Crippen LogP contribution in [0.5, 0.6) is 0 Å². The molecule has 4 nitrogen and oxygen atoms in total. The number of hydrogen-bond donors (Lipinski definition) is 2. The molecule has 0 spiro atoms. The molecule has 2 atom stereocenters. The van der Waals surface area contributed by atoms with Crippen LogP contribution in [0.4, 0.5) is 0 Å². The quantitative estimate of drug-likeness (QED) is 0.747. The fourth-order valence-electron chi connectivity index (χ4n) is 2.20. The number of nitrogens with zero attached hydrogens (tertiary/aromatic N) is 2. The summed E-state index contributed by atoms with van der Waals surface area (Å²) in [5.74, 6) is 0. The smallest absolute Gasteiger partial charge is 0.0558 e. The topological polar surface area (TPSA) is 62.4 Å². The molecule has 0 aliphatic carbocycles. The second-order valence-corrected chi connectivity index (χ2v) is 4.35. The minimum atomic E-state index is 0.0114. The number of hydrogen-bond acceptors (Lipinski definition) is 4. The number of aliphatic hydroxyl groups excluding tert-OH is 1.